The first kappa shape index (κ1) is 15.4. The summed E-state index contributed by atoms with van der Waals surface area (Å²) in [6.45, 7) is 4.40. The average molecular weight is 313 g/mol. The number of aryl methyl sites for hydroxylation is 2. The molecule has 0 aliphatic carbocycles. The number of hydrogen-bond donors (Lipinski definition) is 2. The van der Waals surface area contributed by atoms with E-state index in [2.05, 4.69) is 20.3 Å². The Hall–Kier alpha value is -1.94. The van der Waals surface area contributed by atoms with Gasteiger partial charge in [0, 0.05) is 19.8 Å². The summed E-state index contributed by atoms with van der Waals surface area (Å²) in [6, 6.07) is 0. The first-order valence-electron chi connectivity index (χ1n) is 6.51. The molecule has 0 spiro atoms. The number of hydrogen-bond acceptors (Lipinski definition) is 6. The van der Waals surface area contributed by atoms with E-state index in [1.807, 2.05) is 6.92 Å². The highest BCUT2D eigenvalue weighted by molar-refractivity contribution is 7.89. The van der Waals surface area contributed by atoms with E-state index in [-0.39, 0.29) is 17.3 Å². The van der Waals surface area contributed by atoms with Crippen LogP contribution in [0, 0.1) is 6.92 Å². The van der Waals surface area contributed by atoms with Crippen molar-refractivity contribution < 1.29 is 8.42 Å². The Balaban J connectivity index is 2.24. The van der Waals surface area contributed by atoms with Crippen molar-refractivity contribution in [3.8, 4) is 0 Å². The molecule has 0 unspecified atom stereocenters. The second-order valence-electron chi connectivity index (χ2n) is 4.74. The Bertz CT molecular complexity index is 719. The molecule has 0 aliphatic rings. The normalized spacial score (nSPS) is 12.2. The molecule has 0 bridgehead atoms. The molecule has 0 radical (unpaired) electrons. The van der Waals surface area contributed by atoms with E-state index in [9.17, 15) is 8.42 Å². The first-order chi connectivity index (χ1) is 9.84. The van der Waals surface area contributed by atoms with Gasteiger partial charge in [0.05, 0.1) is 6.54 Å². The highest BCUT2D eigenvalue weighted by atomic mass is 32.2. The van der Waals surface area contributed by atoms with Gasteiger partial charge >= 0.3 is 0 Å². The predicted molar refractivity (Wildman–Crippen MR) is 76.7 cm³/mol. The molecule has 2 aromatic rings. The molecule has 116 valence electrons. The zero-order valence-corrected chi connectivity index (χ0v) is 13.1. The number of anilines is 1. The number of H-pyrrole nitrogens is 1. The average Bonchev–Trinajstić information content (AvgIpc) is 2.96. The molecule has 3 N–H and O–H groups in total. The van der Waals surface area contributed by atoms with Crippen molar-refractivity contribution in [3.63, 3.8) is 0 Å². The molecule has 2 aromatic heterocycles. The minimum atomic E-state index is -3.72. The third-order valence-electron chi connectivity index (χ3n) is 2.90. The molecule has 0 aliphatic heterocycles. The quantitative estimate of drug-likeness (QED) is 0.781. The first-order valence-corrected chi connectivity index (χ1v) is 7.95. The molecule has 10 heteroatoms. The van der Waals surface area contributed by atoms with Gasteiger partial charge in [-0.15, -0.1) is 0 Å². The van der Waals surface area contributed by atoms with E-state index in [0.717, 1.165) is 10.7 Å². The standard InChI is InChI=1S/C11H19N7O2S/c1-4-5-18-6-9(11(12)16-18)21(19,20)17(3)7-10-13-8(2)14-15-10/h6H,4-5,7H2,1-3H3,(H2,12,16)(H,13,14,15). The van der Waals surface area contributed by atoms with Gasteiger partial charge in [-0.3, -0.25) is 9.78 Å². The largest absolute Gasteiger partial charge is 0.381 e. The van der Waals surface area contributed by atoms with Gasteiger partial charge in [0.25, 0.3) is 0 Å². The van der Waals surface area contributed by atoms with E-state index in [1.165, 1.54) is 17.9 Å². The van der Waals surface area contributed by atoms with Gasteiger partial charge < -0.3 is 5.73 Å². The summed E-state index contributed by atoms with van der Waals surface area (Å²) in [4.78, 5) is 4.10. The van der Waals surface area contributed by atoms with Gasteiger partial charge in [-0.25, -0.2) is 13.4 Å². The Morgan fingerprint density at radius 2 is 2.19 bits per heavy atom. The van der Waals surface area contributed by atoms with Gasteiger partial charge in [0.2, 0.25) is 10.0 Å². The summed E-state index contributed by atoms with van der Waals surface area (Å²) < 4.78 is 27.7. The van der Waals surface area contributed by atoms with E-state index < -0.39 is 10.0 Å². The minimum Gasteiger partial charge on any atom is -0.381 e. The van der Waals surface area contributed by atoms with Crippen LogP contribution in [0.3, 0.4) is 0 Å². The maximum absolute atomic E-state index is 12.5. The zero-order chi connectivity index (χ0) is 15.6. The van der Waals surface area contributed by atoms with Gasteiger partial charge in [0.15, 0.2) is 11.6 Å². The van der Waals surface area contributed by atoms with Crippen molar-refractivity contribution in [3.05, 3.63) is 17.8 Å². The monoisotopic (exact) mass is 313 g/mol. The van der Waals surface area contributed by atoms with E-state index >= 15 is 0 Å². The molecular formula is C11H19N7O2S. The summed E-state index contributed by atoms with van der Waals surface area (Å²) >= 11 is 0. The van der Waals surface area contributed by atoms with Crippen molar-refractivity contribution in [2.75, 3.05) is 12.8 Å². The van der Waals surface area contributed by atoms with E-state index in [4.69, 9.17) is 5.73 Å². The molecule has 0 amide bonds. The summed E-state index contributed by atoms with van der Waals surface area (Å²) in [6.07, 6.45) is 2.29. The number of nitrogen functional groups attached to an aromatic ring is 1. The summed E-state index contributed by atoms with van der Waals surface area (Å²) in [7, 11) is -2.27. The lowest BCUT2D eigenvalue weighted by Crippen LogP contribution is -2.27. The molecule has 9 nitrogen and oxygen atoms in total. The number of rotatable bonds is 6. The molecule has 2 rings (SSSR count). The van der Waals surface area contributed by atoms with Crippen LogP contribution in [-0.4, -0.2) is 44.7 Å². The van der Waals surface area contributed by atoms with E-state index in [0.29, 0.717) is 18.2 Å². The van der Waals surface area contributed by atoms with Crippen LogP contribution in [0.2, 0.25) is 0 Å². The molecule has 0 saturated heterocycles. The van der Waals surface area contributed by atoms with Gasteiger partial charge in [-0.2, -0.15) is 14.5 Å². The van der Waals surface area contributed by atoms with Crippen LogP contribution in [0.15, 0.2) is 11.1 Å². The van der Waals surface area contributed by atoms with Crippen LogP contribution < -0.4 is 5.73 Å². The van der Waals surface area contributed by atoms with Crippen molar-refractivity contribution in [2.45, 2.75) is 38.3 Å². The fraction of sp³-hybridized carbons (Fsp3) is 0.545. The van der Waals surface area contributed by atoms with E-state index in [1.54, 1.807) is 6.92 Å². The van der Waals surface area contributed by atoms with Crippen molar-refractivity contribution in [2.24, 2.45) is 0 Å². The molecular weight excluding hydrogens is 294 g/mol. The van der Waals surface area contributed by atoms with Crippen LogP contribution in [0.5, 0.6) is 0 Å². The summed E-state index contributed by atoms with van der Waals surface area (Å²) in [5.41, 5.74) is 5.72. The summed E-state index contributed by atoms with van der Waals surface area (Å²) in [5, 5.41) is 10.6. The summed E-state index contributed by atoms with van der Waals surface area (Å²) in [5.74, 6) is 1.03. The molecule has 0 saturated carbocycles. The zero-order valence-electron chi connectivity index (χ0n) is 12.2. The SMILES string of the molecule is CCCn1cc(S(=O)(=O)N(C)Cc2n[nH]c(C)n2)c(N)n1. The number of nitrogens with zero attached hydrogens (tertiary/aromatic N) is 5. The van der Waals surface area contributed by atoms with Crippen LogP contribution in [0.1, 0.15) is 25.0 Å². The lowest BCUT2D eigenvalue weighted by Gasteiger charge is -2.14. The number of nitrogens with two attached hydrogens (primary N) is 1. The maximum Gasteiger partial charge on any atom is 0.248 e. The predicted octanol–water partition coefficient (Wildman–Crippen LogP) is 0.123. The van der Waals surface area contributed by atoms with Crippen LogP contribution in [-0.2, 0) is 23.1 Å². The second-order valence-corrected chi connectivity index (χ2v) is 6.75. The second kappa shape index (κ2) is 5.82. The molecule has 0 atom stereocenters. The fourth-order valence-corrected chi connectivity index (χ4v) is 3.05. The molecule has 0 aromatic carbocycles. The third-order valence-corrected chi connectivity index (χ3v) is 4.72. The highest BCUT2D eigenvalue weighted by Gasteiger charge is 2.27. The Morgan fingerprint density at radius 1 is 1.48 bits per heavy atom. The van der Waals surface area contributed by atoms with Gasteiger partial charge in [-0.1, -0.05) is 6.92 Å². The smallest absolute Gasteiger partial charge is 0.248 e. The van der Waals surface area contributed by atoms with Crippen molar-refractivity contribution >= 4 is 15.8 Å². The Kier molecular flexibility index (Phi) is 4.28. The Morgan fingerprint density at radius 3 is 2.76 bits per heavy atom. The fourth-order valence-electron chi connectivity index (χ4n) is 1.87. The van der Waals surface area contributed by atoms with Crippen molar-refractivity contribution in [1.82, 2.24) is 29.3 Å². The molecule has 21 heavy (non-hydrogen) atoms. The molecule has 0 fully saturated rings. The number of aromatic nitrogens is 5. The lowest BCUT2D eigenvalue weighted by molar-refractivity contribution is 0.457. The van der Waals surface area contributed by atoms with Gasteiger partial charge in [0.1, 0.15) is 10.7 Å². The van der Waals surface area contributed by atoms with Gasteiger partial charge in [-0.05, 0) is 13.3 Å². The lowest BCUT2D eigenvalue weighted by atomic mass is 10.5. The van der Waals surface area contributed by atoms with Crippen LogP contribution >= 0.6 is 0 Å². The third kappa shape index (κ3) is 3.22. The van der Waals surface area contributed by atoms with Crippen LogP contribution in [0.25, 0.3) is 0 Å². The topological polar surface area (TPSA) is 123 Å². The number of nitrogens with one attached hydrogen (secondary N) is 1. The Labute approximate surface area is 123 Å². The van der Waals surface area contributed by atoms with Crippen LogP contribution in [0.4, 0.5) is 5.82 Å². The highest BCUT2D eigenvalue weighted by Crippen LogP contribution is 2.21. The maximum atomic E-state index is 12.5. The number of sulfonamides is 1. The molecule has 2 heterocycles. The van der Waals surface area contributed by atoms with Crippen molar-refractivity contribution in [1.29, 1.82) is 0 Å². The number of aromatic amines is 1. The minimum absolute atomic E-state index is 0.00136.